The standard InChI is InChI=1S/C14H7BrClNO3S/c15-12-5-4-10(20-12)7-11-13(18)17(14(19)21-11)9-3-1-2-8(16)6-9/h1-7H. The monoisotopic (exact) mass is 383 g/mol. The summed E-state index contributed by atoms with van der Waals surface area (Å²) >= 11 is 9.95. The molecule has 106 valence electrons. The van der Waals surface area contributed by atoms with Crippen molar-refractivity contribution in [3.05, 3.63) is 56.8 Å². The number of nitrogens with zero attached hydrogens (tertiary/aromatic N) is 1. The molecule has 0 bridgehead atoms. The minimum absolute atomic E-state index is 0.307. The summed E-state index contributed by atoms with van der Waals surface area (Å²) in [6, 6.07) is 10.0. The van der Waals surface area contributed by atoms with E-state index in [2.05, 4.69) is 15.9 Å². The molecule has 0 atom stereocenters. The van der Waals surface area contributed by atoms with Gasteiger partial charge in [-0.05, 0) is 58.0 Å². The number of amides is 2. The van der Waals surface area contributed by atoms with E-state index in [0.717, 1.165) is 16.7 Å². The van der Waals surface area contributed by atoms with Gasteiger partial charge in [0.15, 0.2) is 4.67 Å². The molecule has 0 saturated carbocycles. The molecule has 0 spiro atoms. The van der Waals surface area contributed by atoms with Gasteiger partial charge in [-0.3, -0.25) is 9.59 Å². The summed E-state index contributed by atoms with van der Waals surface area (Å²) in [4.78, 5) is 25.8. The van der Waals surface area contributed by atoms with E-state index in [-0.39, 0.29) is 11.1 Å². The lowest BCUT2D eigenvalue weighted by atomic mass is 10.3. The van der Waals surface area contributed by atoms with Crippen LogP contribution in [0.5, 0.6) is 0 Å². The Bertz CT molecular complexity index is 771. The molecule has 0 aliphatic carbocycles. The zero-order valence-corrected chi connectivity index (χ0v) is 13.5. The van der Waals surface area contributed by atoms with E-state index in [1.54, 1.807) is 42.5 Å². The number of rotatable bonds is 2. The van der Waals surface area contributed by atoms with Crippen molar-refractivity contribution in [2.45, 2.75) is 0 Å². The van der Waals surface area contributed by atoms with E-state index in [4.69, 9.17) is 16.0 Å². The van der Waals surface area contributed by atoms with Crippen molar-refractivity contribution >= 4 is 62.2 Å². The fourth-order valence-electron chi connectivity index (χ4n) is 1.84. The number of imide groups is 1. The molecule has 1 aliphatic heterocycles. The second kappa shape index (κ2) is 5.71. The van der Waals surface area contributed by atoms with Crippen molar-refractivity contribution in [3.8, 4) is 0 Å². The molecule has 21 heavy (non-hydrogen) atoms. The van der Waals surface area contributed by atoms with Crippen molar-refractivity contribution in [2.75, 3.05) is 4.90 Å². The van der Waals surface area contributed by atoms with E-state index >= 15 is 0 Å². The van der Waals surface area contributed by atoms with Gasteiger partial charge in [0.2, 0.25) is 0 Å². The van der Waals surface area contributed by atoms with Gasteiger partial charge in [0.05, 0.1) is 10.6 Å². The van der Waals surface area contributed by atoms with Crippen LogP contribution in [0.2, 0.25) is 5.02 Å². The van der Waals surface area contributed by atoms with Gasteiger partial charge in [-0.1, -0.05) is 17.7 Å². The Labute approximate surface area is 137 Å². The molecule has 4 nitrogen and oxygen atoms in total. The third-order valence-corrected chi connectivity index (χ3v) is 4.26. The maximum Gasteiger partial charge on any atom is 0.298 e. The SMILES string of the molecule is O=C1SC(=Cc2ccc(Br)o2)C(=O)N1c1cccc(Cl)c1. The average molecular weight is 385 g/mol. The van der Waals surface area contributed by atoms with E-state index in [1.807, 2.05) is 0 Å². The zero-order valence-electron chi connectivity index (χ0n) is 10.4. The third-order valence-electron chi connectivity index (χ3n) is 2.73. The van der Waals surface area contributed by atoms with Crippen LogP contribution >= 0.6 is 39.3 Å². The van der Waals surface area contributed by atoms with Crippen LogP contribution < -0.4 is 4.90 Å². The first-order chi connectivity index (χ1) is 10.0. The first-order valence-electron chi connectivity index (χ1n) is 5.83. The van der Waals surface area contributed by atoms with Gasteiger partial charge < -0.3 is 4.42 Å². The Morgan fingerprint density at radius 2 is 2.05 bits per heavy atom. The smallest absolute Gasteiger partial charge is 0.298 e. The zero-order chi connectivity index (χ0) is 15.0. The van der Waals surface area contributed by atoms with Crippen molar-refractivity contribution in [1.29, 1.82) is 0 Å². The van der Waals surface area contributed by atoms with E-state index in [9.17, 15) is 9.59 Å². The largest absolute Gasteiger partial charge is 0.450 e. The Balaban J connectivity index is 1.94. The number of furan rings is 1. The van der Waals surface area contributed by atoms with Crippen LogP contribution in [0.3, 0.4) is 0 Å². The molecule has 1 aromatic carbocycles. The summed E-state index contributed by atoms with van der Waals surface area (Å²) in [6.07, 6.45) is 1.54. The maximum atomic E-state index is 12.4. The highest BCUT2D eigenvalue weighted by Crippen LogP contribution is 2.36. The number of thioether (sulfide) groups is 1. The Morgan fingerprint density at radius 1 is 1.24 bits per heavy atom. The molecular formula is C14H7BrClNO3S. The molecule has 2 heterocycles. The molecule has 2 aromatic rings. The van der Waals surface area contributed by atoms with Crippen molar-refractivity contribution in [1.82, 2.24) is 0 Å². The summed E-state index contributed by atoms with van der Waals surface area (Å²) in [7, 11) is 0. The van der Waals surface area contributed by atoms with Gasteiger partial charge in [-0.25, -0.2) is 4.90 Å². The normalized spacial score (nSPS) is 17.0. The molecule has 1 saturated heterocycles. The van der Waals surface area contributed by atoms with E-state index in [1.165, 1.54) is 0 Å². The highest BCUT2D eigenvalue weighted by Gasteiger charge is 2.36. The fraction of sp³-hybridized carbons (Fsp3) is 0. The lowest BCUT2D eigenvalue weighted by Gasteiger charge is -2.12. The Kier molecular flexibility index (Phi) is 3.93. The first kappa shape index (κ1) is 14.4. The molecule has 3 rings (SSSR count). The second-order valence-electron chi connectivity index (χ2n) is 4.14. The predicted molar refractivity (Wildman–Crippen MR) is 86.3 cm³/mol. The minimum Gasteiger partial charge on any atom is -0.450 e. The predicted octanol–water partition coefficient (Wildman–Crippen LogP) is 4.94. The lowest BCUT2D eigenvalue weighted by molar-refractivity contribution is -0.113. The average Bonchev–Trinajstić information content (AvgIpc) is 2.94. The van der Waals surface area contributed by atoms with Gasteiger partial charge in [0.25, 0.3) is 11.1 Å². The number of hydrogen-bond donors (Lipinski definition) is 0. The molecule has 0 N–H and O–H groups in total. The number of anilines is 1. The maximum absolute atomic E-state index is 12.4. The van der Waals surface area contributed by atoms with Crippen molar-refractivity contribution < 1.29 is 14.0 Å². The number of halogens is 2. The van der Waals surface area contributed by atoms with E-state index < -0.39 is 0 Å². The molecular weight excluding hydrogens is 378 g/mol. The molecule has 1 aromatic heterocycles. The molecule has 2 amide bonds. The quantitative estimate of drug-likeness (QED) is 0.688. The number of hydrogen-bond acceptors (Lipinski definition) is 4. The number of carbonyl (C=O) groups excluding carboxylic acids is 2. The number of carbonyl (C=O) groups is 2. The summed E-state index contributed by atoms with van der Waals surface area (Å²) < 4.78 is 5.87. The molecule has 0 radical (unpaired) electrons. The Hall–Kier alpha value is -1.50. The summed E-state index contributed by atoms with van der Waals surface area (Å²) in [6.45, 7) is 0. The van der Waals surface area contributed by atoms with Gasteiger partial charge >= 0.3 is 0 Å². The van der Waals surface area contributed by atoms with Gasteiger partial charge in [0.1, 0.15) is 5.76 Å². The lowest BCUT2D eigenvalue weighted by Crippen LogP contribution is -2.27. The fourth-order valence-corrected chi connectivity index (χ4v) is 3.17. The minimum atomic E-state index is -0.389. The highest BCUT2D eigenvalue weighted by atomic mass is 79.9. The highest BCUT2D eigenvalue weighted by molar-refractivity contribution is 9.10. The van der Waals surface area contributed by atoms with Crippen LogP contribution in [0.15, 0.2) is 50.4 Å². The van der Waals surface area contributed by atoms with Gasteiger partial charge in [-0.15, -0.1) is 0 Å². The van der Waals surface area contributed by atoms with Crippen LogP contribution in [0.1, 0.15) is 5.76 Å². The van der Waals surface area contributed by atoms with Crippen LogP contribution in [-0.2, 0) is 4.79 Å². The van der Waals surface area contributed by atoms with Crippen molar-refractivity contribution in [3.63, 3.8) is 0 Å². The van der Waals surface area contributed by atoms with Crippen LogP contribution in [0.25, 0.3) is 6.08 Å². The van der Waals surface area contributed by atoms with Gasteiger partial charge in [-0.2, -0.15) is 0 Å². The topological polar surface area (TPSA) is 50.5 Å². The molecule has 1 fully saturated rings. The second-order valence-corrected chi connectivity index (χ2v) is 6.35. The molecule has 7 heteroatoms. The molecule has 1 aliphatic rings. The Morgan fingerprint density at radius 3 is 2.71 bits per heavy atom. The summed E-state index contributed by atoms with van der Waals surface area (Å²) in [5, 5.41) is 0.102. The van der Waals surface area contributed by atoms with Crippen molar-refractivity contribution in [2.24, 2.45) is 0 Å². The summed E-state index contributed by atoms with van der Waals surface area (Å²) in [5.74, 6) is 0.109. The summed E-state index contributed by atoms with van der Waals surface area (Å²) in [5.41, 5.74) is 0.453. The van der Waals surface area contributed by atoms with E-state index in [0.29, 0.717) is 26.0 Å². The van der Waals surface area contributed by atoms with Crippen LogP contribution in [-0.4, -0.2) is 11.1 Å². The van der Waals surface area contributed by atoms with Gasteiger partial charge in [0, 0.05) is 11.1 Å². The van der Waals surface area contributed by atoms with Crippen LogP contribution in [0.4, 0.5) is 10.5 Å². The third kappa shape index (κ3) is 2.92. The first-order valence-corrected chi connectivity index (χ1v) is 7.82. The molecule has 0 unspecified atom stereocenters. The number of benzene rings is 1. The van der Waals surface area contributed by atoms with Crippen LogP contribution in [0, 0.1) is 0 Å².